The van der Waals surface area contributed by atoms with Gasteiger partial charge in [0.25, 0.3) is 0 Å². The van der Waals surface area contributed by atoms with Crippen LogP contribution in [-0.2, 0) is 14.2 Å². The summed E-state index contributed by atoms with van der Waals surface area (Å²) in [6.07, 6.45) is 8.19. The molecule has 1 heterocycles. The minimum absolute atomic E-state index is 0.316. The van der Waals surface area contributed by atoms with Gasteiger partial charge in [0.1, 0.15) is 6.61 Å². The van der Waals surface area contributed by atoms with Crippen LogP contribution >= 0.6 is 11.8 Å². The zero-order chi connectivity index (χ0) is 19.0. The maximum atomic E-state index is 12.9. The normalized spacial score (nSPS) is 31.3. The number of ether oxygens (including phenoxy) is 3. The summed E-state index contributed by atoms with van der Waals surface area (Å²) in [5.74, 6) is -3.73. The van der Waals surface area contributed by atoms with Crippen molar-refractivity contribution in [3.63, 3.8) is 0 Å². The number of alkyl halides is 4. The molecule has 2 fully saturated rings. The summed E-state index contributed by atoms with van der Waals surface area (Å²) in [5, 5.41) is 0.383. The van der Waals surface area contributed by atoms with Gasteiger partial charge < -0.3 is 14.2 Å². The van der Waals surface area contributed by atoms with Crippen LogP contribution in [0.15, 0.2) is 24.3 Å². The molecule has 2 aliphatic rings. The highest BCUT2D eigenvalue weighted by atomic mass is 32.2. The second-order valence-corrected chi connectivity index (χ2v) is 7.71. The maximum absolute atomic E-state index is 12.9. The highest BCUT2D eigenvalue weighted by Crippen LogP contribution is 2.30. The van der Waals surface area contributed by atoms with Crippen LogP contribution in [0, 0.1) is 5.92 Å². The topological polar surface area (TPSA) is 27.7 Å². The molecular formula is C18H26F4O3S. The molecule has 1 aliphatic heterocycles. The highest BCUT2D eigenvalue weighted by Gasteiger charge is 2.41. The third-order valence-corrected chi connectivity index (χ3v) is 5.48. The Morgan fingerprint density at radius 3 is 2.27 bits per heavy atom. The van der Waals surface area contributed by atoms with Gasteiger partial charge in [-0.2, -0.15) is 20.5 Å². The number of allylic oxidation sites excluding steroid dienone is 3. The summed E-state index contributed by atoms with van der Waals surface area (Å²) in [6, 6.07) is 0. The molecule has 0 unspecified atom stereocenters. The largest absolute Gasteiger partial charge is 0.372 e. The maximum Gasteiger partial charge on any atom is 0.330 e. The van der Waals surface area contributed by atoms with E-state index in [1.807, 2.05) is 24.5 Å². The van der Waals surface area contributed by atoms with Crippen molar-refractivity contribution < 1.29 is 31.8 Å². The first-order chi connectivity index (χ1) is 12.4. The second-order valence-electron chi connectivity index (χ2n) is 6.57. The molecule has 26 heavy (non-hydrogen) atoms. The Labute approximate surface area is 156 Å². The average molecular weight is 398 g/mol. The SMILES string of the molecule is CSC1COC(/C=C/C=C/C2CCC(OCC(F)(F)C(F)F)CC2)OC1. The summed E-state index contributed by atoms with van der Waals surface area (Å²) in [4.78, 5) is 0. The van der Waals surface area contributed by atoms with E-state index < -0.39 is 19.0 Å². The molecule has 1 aliphatic carbocycles. The number of halogens is 4. The highest BCUT2D eigenvalue weighted by molar-refractivity contribution is 7.99. The lowest BCUT2D eigenvalue weighted by atomic mass is 9.87. The van der Waals surface area contributed by atoms with Gasteiger partial charge in [0.05, 0.1) is 24.6 Å². The van der Waals surface area contributed by atoms with E-state index in [-0.39, 0.29) is 12.4 Å². The van der Waals surface area contributed by atoms with Crippen molar-refractivity contribution in [2.75, 3.05) is 26.1 Å². The van der Waals surface area contributed by atoms with Crippen molar-refractivity contribution in [1.82, 2.24) is 0 Å². The molecule has 0 aromatic heterocycles. The first-order valence-corrected chi connectivity index (χ1v) is 10.1. The van der Waals surface area contributed by atoms with Crippen molar-refractivity contribution in [2.24, 2.45) is 5.92 Å². The lowest BCUT2D eigenvalue weighted by Gasteiger charge is -2.28. The van der Waals surface area contributed by atoms with E-state index in [9.17, 15) is 17.6 Å². The zero-order valence-electron chi connectivity index (χ0n) is 14.8. The van der Waals surface area contributed by atoms with Crippen LogP contribution in [0.4, 0.5) is 17.6 Å². The van der Waals surface area contributed by atoms with Crippen molar-refractivity contribution >= 4 is 11.8 Å². The summed E-state index contributed by atoms with van der Waals surface area (Å²) in [7, 11) is 0. The summed E-state index contributed by atoms with van der Waals surface area (Å²) in [6.45, 7) is 0.139. The molecule has 3 nitrogen and oxygen atoms in total. The summed E-state index contributed by atoms with van der Waals surface area (Å²) in [5.41, 5.74) is 0. The predicted octanol–water partition coefficient (Wildman–Crippen LogP) is 4.68. The molecular weight excluding hydrogens is 372 g/mol. The van der Waals surface area contributed by atoms with E-state index in [1.54, 1.807) is 11.8 Å². The number of hydrogen-bond acceptors (Lipinski definition) is 4. The number of rotatable bonds is 8. The minimum atomic E-state index is -4.07. The number of hydrogen-bond donors (Lipinski definition) is 0. The number of thioether (sulfide) groups is 1. The molecule has 0 N–H and O–H groups in total. The fraction of sp³-hybridized carbons (Fsp3) is 0.778. The predicted molar refractivity (Wildman–Crippen MR) is 93.9 cm³/mol. The Balaban J connectivity index is 1.62. The molecule has 8 heteroatoms. The second kappa shape index (κ2) is 10.7. The van der Waals surface area contributed by atoms with Gasteiger partial charge in [-0.1, -0.05) is 18.2 Å². The standard InChI is InChI=1S/C18H26F4O3S/c1-26-15-10-23-16(24-11-15)5-3-2-4-13-6-8-14(9-7-13)25-12-18(21,22)17(19)20/h2-5,13-17H,6-12H2,1H3/b4-2+,5-3+. The van der Waals surface area contributed by atoms with Crippen molar-refractivity contribution in [2.45, 2.75) is 55.7 Å². The lowest BCUT2D eigenvalue weighted by molar-refractivity contribution is -0.178. The first-order valence-electron chi connectivity index (χ1n) is 8.79. The molecule has 0 amide bonds. The molecule has 1 saturated carbocycles. The minimum Gasteiger partial charge on any atom is -0.372 e. The van der Waals surface area contributed by atoms with Crippen LogP contribution < -0.4 is 0 Å². The Morgan fingerprint density at radius 2 is 1.69 bits per heavy atom. The fourth-order valence-electron chi connectivity index (χ4n) is 2.86. The molecule has 0 atom stereocenters. The monoisotopic (exact) mass is 398 g/mol. The Hall–Kier alpha value is -0.570. The van der Waals surface area contributed by atoms with E-state index in [1.165, 1.54) is 0 Å². The van der Waals surface area contributed by atoms with E-state index in [2.05, 4.69) is 6.08 Å². The van der Waals surface area contributed by atoms with E-state index >= 15 is 0 Å². The van der Waals surface area contributed by atoms with Gasteiger partial charge in [-0.15, -0.1) is 0 Å². The Bertz CT molecular complexity index is 457. The quantitative estimate of drug-likeness (QED) is 0.438. The van der Waals surface area contributed by atoms with Gasteiger partial charge in [0.2, 0.25) is 0 Å². The molecule has 0 radical (unpaired) electrons. The van der Waals surface area contributed by atoms with Crippen LogP contribution in [0.5, 0.6) is 0 Å². The third-order valence-electron chi connectivity index (χ3n) is 4.54. The molecule has 0 aromatic rings. The van der Waals surface area contributed by atoms with Crippen LogP contribution in [0.2, 0.25) is 0 Å². The molecule has 0 aromatic carbocycles. The Kier molecular flexibility index (Phi) is 8.93. The average Bonchev–Trinajstić information content (AvgIpc) is 2.65. The summed E-state index contributed by atoms with van der Waals surface area (Å²) < 4.78 is 66.0. The van der Waals surface area contributed by atoms with Crippen LogP contribution in [0.1, 0.15) is 25.7 Å². The van der Waals surface area contributed by atoms with Crippen molar-refractivity contribution in [3.8, 4) is 0 Å². The van der Waals surface area contributed by atoms with Crippen molar-refractivity contribution in [3.05, 3.63) is 24.3 Å². The van der Waals surface area contributed by atoms with Gasteiger partial charge >= 0.3 is 12.3 Å². The smallest absolute Gasteiger partial charge is 0.330 e. The molecule has 150 valence electrons. The van der Waals surface area contributed by atoms with E-state index in [0.29, 0.717) is 37.2 Å². The van der Waals surface area contributed by atoms with Crippen LogP contribution in [0.25, 0.3) is 0 Å². The van der Waals surface area contributed by atoms with E-state index in [4.69, 9.17) is 14.2 Å². The van der Waals surface area contributed by atoms with Crippen LogP contribution in [-0.4, -0.2) is 56.1 Å². The van der Waals surface area contributed by atoms with Gasteiger partial charge in [-0.3, -0.25) is 0 Å². The van der Waals surface area contributed by atoms with Gasteiger partial charge in [-0.25, -0.2) is 8.78 Å². The Morgan fingerprint density at radius 1 is 1.08 bits per heavy atom. The fourth-order valence-corrected chi connectivity index (χ4v) is 3.29. The molecule has 0 spiro atoms. The van der Waals surface area contributed by atoms with Gasteiger partial charge in [0, 0.05) is 0 Å². The van der Waals surface area contributed by atoms with Crippen molar-refractivity contribution in [1.29, 1.82) is 0 Å². The first kappa shape index (κ1) is 21.7. The van der Waals surface area contributed by atoms with E-state index in [0.717, 1.165) is 12.8 Å². The lowest BCUT2D eigenvalue weighted by Crippen LogP contribution is -2.35. The zero-order valence-corrected chi connectivity index (χ0v) is 15.6. The molecule has 2 rings (SSSR count). The van der Waals surface area contributed by atoms with Crippen LogP contribution in [0.3, 0.4) is 0 Å². The molecule has 0 bridgehead atoms. The van der Waals surface area contributed by atoms with Gasteiger partial charge in [-0.05, 0) is 43.9 Å². The van der Waals surface area contributed by atoms with Gasteiger partial charge in [0.15, 0.2) is 6.29 Å². The third kappa shape index (κ3) is 7.21. The molecule has 1 saturated heterocycles. The summed E-state index contributed by atoms with van der Waals surface area (Å²) >= 11 is 1.72.